The number of carbonyl (C=O) groups excluding carboxylic acids is 3. The van der Waals surface area contributed by atoms with Gasteiger partial charge >= 0.3 is 0 Å². The summed E-state index contributed by atoms with van der Waals surface area (Å²) in [4.78, 5) is 44.8. The minimum atomic E-state index is -0.772. The highest BCUT2D eigenvalue weighted by molar-refractivity contribution is 6.04. The third-order valence-corrected chi connectivity index (χ3v) is 8.78. The van der Waals surface area contributed by atoms with Crippen molar-refractivity contribution in [3.63, 3.8) is 0 Å². The first kappa shape index (κ1) is 30.6. The highest BCUT2D eigenvalue weighted by Gasteiger charge is 2.39. The SMILES string of the molecule is CCCC(C(N)=O)C(CC(C)C)C(=O)NC1CN(c2ccccc2)c2ccccc2N(CCC2CCCCC2)C1=O. The van der Waals surface area contributed by atoms with Gasteiger partial charge in [0.05, 0.1) is 17.9 Å². The summed E-state index contributed by atoms with van der Waals surface area (Å²) < 4.78 is 0. The Bertz CT molecular complexity index is 1160. The second-order valence-corrected chi connectivity index (χ2v) is 12.3. The molecule has 0 aromatic heterocycles. The van der Waals surface area contributed by atoms with Gasteiger partial charge in [-0.05, 0) is 55.4 Å². The third kappa shape index (κ3) is 7.69. The summed E-state index contributed by atoms with van der Waals surface area (Å²) in [5.74, 6) is -1.14. The van der Waals surface area contributed by atoms with Crippen LogP contribution in [0, 0.1) is 23.7 Å². The third-order valence-electron chi connectivity index (χ3n) is 8.78. The highest BCUT2D eigenvalue weighted by atomic mass is 16.2. The Morgan fingerprint density at radius 1 is 0.951 bits per heavy atom. The van der Waals surface area contributed by atoms with E-state index in [0.717, 1.165) is 29.9 Å². The monoisotopic (exact) mass is 560 g/mol. The van der Waals surface area contributed by atoms with E-state index in [1.165, 1.54) is 32.1 Å². The first-order valence-electron chi connectivity index (χ1n) is 15.6. The molecule has 3 unspecified atom stereocenters. The van der Waals surface area contributed by atoms with Crippen LogP contribution in [0.15, 0.2) is 54.6 Å². The van der Waals surface area contributed by atoms with Crippen LogP contribution in [0.3, 0.4) is 0 Å². The molecular weight excluding hydrogens is 512 g/mol. The maximum Gasteiger partial charge on any atom is 0.251 e. The normalized spacial score (nSPS) is 19.4. The lowest BCUT2D eigenvalue weighted by Gasteiger charge is -2.30. The van der Waals surface area contributed by atoms with Crippen molar-refractivity contribution < 1.29 is 14.4 Å². The lowest BCUT2D eigenvalue weighted by Crippen LogP contribution is -2.54. The van der Waals surface area contributed by atoms with Crippen LogP contribution in [0.25, 0.3) is 0 Å². The van der Waals surface area contributed by atoms with Gasteiger partial charge in [0.2, 0.25) is 11.8 Å². The Labute approximate surface area is 245 Å². The molecule has 2 aromatic rings. The van der Waals surface area contributed by atoms with E-state index in [9.17, 15) is 14.4 Å². The molecule has 1 heterocycles. The summed E-state index contributed by atoms with van der Waals surface area (Å²) in [6.07, 6.45) is 9.02. The molecule has 0 spiro atoms. The second-order valence-electron chi connectivity index (χ2n) is 12.3. The Kier molecular flexibility index (Phi) is 10.8. The molecule has 2 aromatic carbocycles. The molecule has 3 N–H and O–H groups in total. The molecule has 0 saturated heterocycles. The quantitative estimate of drug-likeness (QED) is 0.324. The zero-order valence-electron chi connectivity index (χ0n) is 25.1. The van der Waals surface area contributed by atoms with Crippen molar-refractivity contribution in [3.8, 4) is 0 Å². The van der Waals surface area contributed by atoms with E-state index in [0.29, 0.717) is 31.8 Å². The number of nitrogens with one attached hydrogen (secondary N) is 1. The summed E-state index contributed by atoms with van der Waals surface area (Å²) in [6.45, 7) is 7.00. The van der Waals surface area contributed by atoms with E-state index in [4.69, 9.17) is 5.73 Å². The van der Waals surface area contributed by atoms with Crippen LogP contribution in [-0.2, 0) is 14.4 Å². The first-order valence-corrected chi connectivity index (χ1v) is 15.6. The molecule has 2 aliphatic rings. The number of benzene rings is 2. The topological polar surface area (TPSA) is 95.7 Å². The Hall–Kier alpha value is -3.35. The molecule has 1 fully saturated rings. The van der Waals surface area contributed by atoms with Crippen molar-refractivity contribution in [2.75, 3.05) is 22.9 Å². The van der Waals surface area contributed by atoms with Crippen LogP contribution in [0.4, 0.5) is 17.1 Å². The van der Waals surface area contributed by atoms with Gasteiger partial charge in [0.1, 0.15) is 6.04 Å². The molecular formula is C34H48N4O3. The second kappa shape index (κ2) is 14.5. The van der Waals surface area contributed by atoms with Crippen molar-refractivity contribution in [2.24, 2.45) is 29.4 Å². The average molecular weight is 561 g/mol. The van der Waals surface area contributed by atoms with E-state index in [-0.39, 0.29) is 17.7 Å². The Morgan fingerprint density at radius 3 is 2.24 bits per heavy atom. The Balaban J connectivity index is 1.69. The maximum absolute atomic E-state index is 14.4. The number of amides is 3. The van der Waals surface area contributed by atoms with E-state index in [1.807, 2.05) is 74.2 Å². The largest absolute Gasteiger partial charge is 0.369 e. The zero-order valence-corrected chi connectivity index (χ0v) is 25.1. The number of nitrogens with zero attached hydrogens (tertiary/aromatic N) is 2. The molecule has 1 aliphatic carbocycles. The van der Waals surface area contributed by atoms with Crippen molar-refractivity contribution in [3.05, 3.63) is 54.6 Å². The molecule has 3 amide bonds. The molecule has 4 rings (SSSR count). The van der Waals surface area contributed by atoms with Gasteiger partial charge in [-0.1, -0.05) is 89.6 Å². The number of para-hydroxylation sites is 3. The van der Waals surface area contributed by atoms with Crippen LogP contribution in [0.2, 0.25) is 0 Å². The number of carbonyl (C=O) groups is 3. The molecule has 0 radical (unpaired) electrons. The standard InChI is InChI=1S/C34H48N4O3/c1-4-13-27(32(35)39)28(22-24(2)3)33(40)36-29-23-38(26-16-9-6-10-17-26)31-19-12-11-18-30(31)37(34(29)41)21-20-25-14-7-5-8-15-25/h6,9-12,16-19,24-25,27-29H,4-5,7-8,13-15,20-23H2,1-3H3,(H2,35,39)(H,36,40). The summed E-state index contributed by atoms with van der Waals surface area (Å²) in [5.41, 5.74) is 8.59. The number of nitrogens with two attached hydrogens (primary N) is 1. The van der Waals surface area contributed by atoms with Gasteiger partial charge in [0.25, 0.3) is 5.91 Å². The van der Waals surface area contributed by atoms with Crippen molar-refractivity contribution in [1.82, 2.24) is 5.32 Å². The predicted octanol–water partition coefficient (Wildman–Crippen LogP) is 6.19. The summed E-state index contributed by atoms with van der Waals surface area (Å²) in [6, 6.07) is 17.3. The van der Waals surface area contributed by atoms with Crippen LogP contribution in [0.5, 0.6) is 0 Å². The number of fused-ring (bicyclic) bond motifs is 1. The number of hydrogen-bond acceptors (Lipinski definition) is 4. The molecule has 1 saturated carbocycles. The molecule has 1 aliphatic heterocycles. The van der Waals surface area contributed by atoms with Gasteiger partial charge in [0.15, 0.2) is 0 Å². The molecule has 0 bridgehead atoms. The van der Waals surface area contributed by atoms with Gasteiger partial charge in [-0.2, -0.15) is 0 Å². The van der Waals surface area contributed by atoms with Crippen LogP contribution in [0.1, 0.15) is 78.6 Å². The van der Waals surface area contributed by atoms with Gasteiger partial charge < -0.3 is 20.9 Å². The van der Waals surface area contributed by atoms with E-state index >= 15 is 0 Å². The minimum absolute atomic E-state index is 0.102. The van der Waals surface area contributed by atoms with Crippen LogP contribution in [-0.4, -0.2) is 36.9 Å². The number of anilines is 3. The first-order chi connectivity index (χ1) is 19.8. The lowest BCUT2D eigenvalue weighted by molar-refractivity contribution is -0.136. The number of hydrogen-bond donors (Lipinski definition) is 2. The number of primary amides is 1. The molecule has 7 heteroatoms. The maximum atomic E-state index is 14.4. The summed E-state index contributed by atoms with van der Waals surface area (Å²) in [5, 5.41) is 3.13. The molecule has 3 atom stereocenters. The smallest absolute Gasteiger partial charge is 0.251 e. The van der Waals surface area contributed by atoms with Gasteiger partial charge in [-0.15, -0.1) is 0 Å². The summed E-state index contributed by atoms with van der Waals surface area (Å²) in [7, 11) is 0. The van der Waals surface area contributed by atoms with Gasteiger partial charge in [-0.3, -0.25) is 14.4 Å². The van der Waals surface area contributed by atoms with E-state index in [2.05, 4.69) is 16.3 Å². The predicted molar refractivity (Wildman–Crippen MR) is 166 cm³/mol. The molecule has 7 nitrogen and oxygen atoms in total. The molecule has 41 heavy (non-hydrogen) atoms. The van der Waals surface area contributed by atoms with Crippen LogP contribution >= 0.6 is 0 Å². The fourth-order valence-electron chi connectivity index (χ4n) is 6.66. The fourth-order valence-corrected chi connectivity index (χ4v) is 6.66. The average Bonchev–Trinajstić information content (AvgIpc) is 3.08. The zero-order chi connectivity index (χ0) is 29.4. The lowest BCUT2D eigenvalue weighted by atomic mass is 9.81. The Morgan fingerprint density at radius 2 is 1.61 bits per heavy atom. The van der Waals surface area contributed by atoms with Crippen molar-refractivity contribution in [2.45, 2.75) is 84.6 Å². The van der Waals surface area contributed by atoms with Crippen molar-refractivity contribution in [1.29, 1.82) is 0 Å². The van der Waals surface area contributed by atoms with Crippen LogP contribution < -0.4 is 20.9 Å². The van der Waals surface area contributed by atoms with E-state index in [1.54, 1.807) is 0 Å². The van der Waals surface area contributed by atoms with E-state index < -0.39 is 23.8 Å². The highest BCUT2D eigenvalue weighted by Crippen LogP contribution is 2.38. The van der Waals surface area contributed by atoms with Gasteiger partial charge in [0, 0.05) is 24.1 Å². The van der Waals surface area contributed by atoms with Crippen molar-refractivity contribution >= 4 is 34.8 Å². The number of rotatable bonds is 12. The summed E-state index contributed by atoms with van der Waals surface area (Å²) >= 11 is 0. The van der Waals surface area contributed by atoms with Gasteiger partial charge in [-0.25, -0.2) is 0 Å². The molecule has 222 valence electrons. The minimum Gasteiger partial charge on any atom is -0.369 e. The fraction of sp³-hybridized carbons (Fsp3) is 0.559.